The zero-order valence-electron chi connectivity index (χ0n) is 11.0. The van der Waals surface area contributed by atoms with Gasteiger partial charge in [-0.1, -0.05) is 25.3 Å². The van der Waals surface area contributed by atoms with Gasteiger partial charge in [0.05, 0.1) is 7.11 Å². The summed E-state index contributed by atoms with van der Waals surface area (Å²) in [7, 11) is 1.73. The van der Waals surface area contributed by atoms with Gasteiger partial charge in [0.25, 0.3) is 0 Å². The van der Waals surface area contributed by atoms with Crippen LogP contribution in [0.3, 0.4) is 0 Å². The van der Waals surface area contributed by atoms with E-state index in [0.717, 1.165) is 29.7 Å². The first-order chi connectivity index (χ1) is 9.20. The van der Waals surface area contributed by atoms with Crippen molar-refractivity contribution >= 4 is 0 Å². The van der Waals surface area contributed by atoms with Crippen molar-refractivity contribution in [3.05, 3.63) is 64.8 Å². The van der Waals surface area contributed by atoms with E-state index < -0.39 is 0 Å². The number of benzene rings is 1. The van der Waals surface area contributed by atoms with Gasteiger partial charge in [-0.2, -0.15) is 0 Å². The van der Waals surface area contributed by atoms with Crippen molar-refractivity contribution in [3.8, 4) is 5.75 Å². The summed E-state index contributed by atoms with van der Waals surface area (Å²) in [5.74, 6) is 0.983. The topological polar surface area (TPSA) is 18.5 Å². The highest BCUT2D eigenvalue weighted by Crippen LogP contribution is 2.50. The van der Waals surface area contributed by atoms with Crippen molar-refractivity contribution in [2.75, 3.05) is 7.11 Å². The molecule has 0 aromatic heterocycles. The Morgan fingerprint density at radius 3 is 2.47 bits per heavy atom. The fourth-order valence-electron chi connectivity index (χ4n) is 3.54. The Bertz CT molecular complexity index is 651. The van der Waals surface area contributed by atoms with Crippen LogP contribution in [0.25, 0.3) is 0 Å². The molecule has 0 spiro atoms. The highest BCUT2D eigenvalue weighted by atomic mass is 16.5. The number of rotatable bonds is 1. The van der Waals surface area contributed by atoms with Crippen LogP contribution in [0, 0.1) is 0 Å². The second-order valence-corrected chi connectivity index (χ2v) is 5.45. The molecule has 2 bridgehead atoms. The monoisotopic (exact) mass is 252 g/mol. The van der Waals surface area contributed by atoms with Gasteiger partial charge in [-0.15, -0.1) is 0 Å². The Labute approximate surface area is 113 Å². The number of hydrogen-bond acceptors (Lipinski definition) is 2. The molecule has 1 aliphatic carbocycles. The molecule has 1 aromatic rings. The van der Waals surface area contributed by atoms with Crippen molar-refractivity contribution in [3.63, 3.8) is 0 Å². The summed E-state index contributed by atoms with van der Waals surface area (Å²) in [5.41, 5.74) is 7.57. The SMILES string of the molecule is C=C1C(=C)C2OC1C1=C2Cc2c(cccc2OC)C1. The van der Waals surface area contributed by atoms with Gasteiger partial charge in [-0.05, 0) is 40.3 Å². The predicted octanol–water partition coefficient (Wildman–Crippen LogP) is 2.98. The number of fused-ring (bicyclic) bond motifs is 5. The van der Waals surface area contributed by atoms with Crippen LogP contribution >= 0.6 is 0 Å². The molecule has 1 saturated heterocycles. The molecule has 1 aromatic carbocycles. The molecular weight excluding hydrogens is 236 g/mol. The van der Waals surface area contributed by atoms with Crippen LogP contribution in [0.5, 0.6) is 5.75 Å². The lowest BCUT2D eigenvalue weighted by Crippen LogP contribution is -2.21. The Hall–Kier alpha value is -1.80. The Kier molecular flexibility index (Phi) is 2.10. The summed E-state index contributed by atoms with van der Waals surface area (Å²) in [5, 5.41) is 0. The lowest BCUT2D eigenvalue weighted by atomic mass is 9.76. The second-order valence-electron chi connectivity index (χ2n) is 5.45. The Morgan fingerprint density at radius 2 is 1.79 bits per heavy atom. The van der Waals surface area contributed by atoms with E-state index in [2.05, 4.69) is 25.3 Å². The van der Waals surface area contributed by atoms with E-state index in [0.29, 0.717) is 0 Å². The Balaban J connectivity index is 1.82. The van der Waals surface area contributed by atoms with Crippen LogP contribution in [0.1, 0.15) is 11.1 Å². The number of methoxy groups -OCH3 is 1. The molecule has 3 aliphatic rings. The van der Waals surface area contributed by atoms with Gasteiger partial charge in [-0.3, -0.25) is 0 Å². The fourth-order valence-corrected chi connectivity index (χ4v) is 3.54. The summed E-state index contributed by atoms with van der Waals surface area (Å²) in [6.45, 7) is 8.23. The van der Waals surface area contributed by atoms with Gasteiger partial charge in [-0.25, -0.2) is 0 Å². The highest BCUT2D eigenvalue weighted by Gasteiger charge is 2.46. The minimum atomic E-state index is 0.0607. The van der Waals surface area contributed by atoms with E-state index in [1.165, 1.54) is 22.3 Å². The van der Waals surface area contributed by atoms with E-state index in [-0.39, 0.29) is 12.2 Å². The van der Waals surface area contributed by atoms with E-state index in [9.17, 15) is 0 Å². The molecule has 1 fully saturated rings. The van der Waals surface area contributed by atoms with E-state index >= 15 is 0 Å². The van der Waals surface area contributed by atoms with Crippen molar-refractivity contribution < 1.29 is 9.47 Å². The van der Waals surface area contributed by atoms with Crippen LogP contribution in [-0.2, 0) is 17.6 Å². The third-order valence-electron chi connectivity index (χ3n) is 4.56. The second kappa shape index (κ2) is 3.61. The van der Waals surface area contributed by atoms with E-state index in [1.54, 1.807) is 7.11 Å². The molecule has 2 nitrogen and oxygen atoms in total. The van der Waals surface area contributed by atoms with Crippen LogP contribution in [0.2, 0.25) is 0 Å². The van der Waals surface area contributed by atoms with Gasteiger partial charge in [0.2, 0.25) is 0 Å². The van der Waals surface area contributed by atoms with Crippen molar-refractivity contribution in [1.29, 1.82) is 0 Å². The van der Waals surface area contributed by atoms with Gasteiger partial charge in [0, 0.05) is 12.0 Å². The number of ether oxygens (including phenoxy) is 2. The molecule has 0 saturated carbocycles. The molecule has 4 rings (SSSR count). The molecule has 0 amide bonds. The smallest absolute Gasteiger partial charge is 0.122 e. The number of hydrogen-bond donors (Lipinski definition) is 0. The Morgan fingerprint density at radius 1 is 1.11 bits per heavy atom. The minimum absolute atomic E-state index is 0.0607. The maximum absolute atomic E-state index is 6.03. The van der Waals surface area contributed by atoms with Gasteiger partial charge >= 0.3 is 0 Å². The molecule has 2 heterocycles. The average molecular weight is 252 g/mol. The lowest BCUT2D eigenvalue weighted by Gasteiger charge is -2.27. The molecule has 0 N–H and O–H groups in total. The third kappa shape index (κ3) is 1.30. The fraction of sp³-hybridized carbons (Fsp3) is 0.294. The minimum Gasteiger partial charge on any atom is -0.496 e. The molecule has 19 heavy (non-hydrogen) atoms. The lowest BCUT2D eigenvalue weighted by molar-refractivity contribution is 0.129. The first-order valence-electron chi connectivity index (χ1n) is 6.60. The van der Waals surface area contributed by atoms with Crippen LogP contribution in [-0.4, -0.2) is 19.3 Å². The summed E-state index contributed by atoms with van der Waals surface area (Å²) in [6.07, 6.45) is 2.01. The first-order valence-corrected chi connectivity index (χ1v) is 6.60. The van der Waals surface area contributed by atoms with E-state index in [4.69, 9.17) is 9.47 Å². The summed E-state index contributed by atoms with van der Waals surface area (Å²) >= 11 is 0. The normalized spacial score (nSPS) is 27.6. The first kappa shape index (κ1) is 11.1. The molecule has 2 heteroatoms. The van der Waals surface area contributed by atoms with Gasteiger partial charge in [0.15, 0.2) is 0 Å². The molecule has 2 atom stereocenters. The van der Waals surface area contributed by atoms with Gasteiger partial charge < -0.3 is 9.47 Å². The molecular formula is C17H16O2. The standard InChI is InChI=1S/C17H16O2/c1-9-10(2)17-14-8-12-11(5-4-6-15(12)18-3)7-13(14)16(9)19-17/h4-6,16-17H,1-2,7-8H2,3H3. The van der Waals surface area contributed by atoms with Crippen molar-refractivity contribution in [2.45, 2.75) is 25.0 Å². The van der Waals surface area contributed by atoms with Crippen molar-refractivity contribution in [1.82, 2.24) is 0 Å². The summed E-state index contributed by atoms with van der Waals surface area (Å²) < 4.78 is 11.5. The van der Waals surface area contributed by atoms with Crippen LogP contribution < -0.4 is 4.74 Å². The molecule has 2 unspecified atom stereocenters. The summed E-state index contributed by atoms with van der Waals surface area (Å²) in [4.78, 5) is 0. The third-order valence-corrected chi connectivity index (χ3v) is 4.56. The zero-order chi connectivity index (χ0) is 13.1. The van der Waals surface area contributed by atoms with E-state index in [1.807, 2.05) is 6.07 Å². The van der Waals surface area contributed by atoms with Gasteiger partial charge in [0.1, 0.15) is 18.0 Å². The maximum atomic E-state index is 6.03. The average Bonchev–Trinajstić information content (AvgIpc) is 2.93. The largest absolute Gasteiger partial charge is 0.496 e. The van der Waals surface area contributed by atoms with Crippen LogP contribution in [0.15, 0.2) is 53.6 Å². The van der Waals surface area contributed by atoms with Crippen LogP contribution in [0.4, 0.5) is 0 Å². The summed E-state index contributed by atoms with van der Waals surface area (Å²) in [6, 6.07) is 6.28. The quantitative estimate of drug-likeness (QED) is 0.715. The molecule has 2 aliphatic heterocycles. The predicted molar refractivity (Wildman–Crippen MR) is 74.4 cm³/mol. The highest BCUT2D eigenvalue weighted by molar-refractivity contribution is 5.61. The maximum Gasteiger partial charge on any atom is 0.122 e. The van der Waals surface area contributed by atoms with Crippen molar-refractivity contribution in [2.24, 2.45) is 0 Å². The molecule has 0 radical (unpaired) electrons. The molecule has 96 valence electrons. The zero-order valence-corrected chi connectivity index (χ0v) is 11.0.